The number of hydrogen-bond donors (Lipinski definition) is 1. The van der Waals surface area contributed by atoms with E-state index in [1.165, 1.54) is 30.3 Å². The largest absolute Gasteiger partial charge is 0.477 e. The van der Waals surface area contributed by atoms with E-state index in [2.05, 4.69) is 4.98 Å². The van der Waals surface area contributed by atoms with Crippen LogP contribution in [0.25, 0.3) is 0 Å². The van der Waals surface area contributed by atoms with Crippen molar-refractivity contribution >= 4 is 11.9 Å². The van der Waals surface area contributed by atoms with Crippen molar-refractivity contribution in [2.45, 2.75) is 0 Å². The van der Waals surface area contributed by atoms with E-state index >= 15 is 0 Å². The first-order valence-corrected chi connectivity index (χ1v) is 5.24. The lowest BCUT2D eigenvalue weighted by Gasteiger charge is -2.04. The molecule has 0 amide bonds. The summed E-state index contributed by atoms with van der Waals surface area (Å²) in [5.74, 6) is -2.87. The molecule has 96 valence electrons. The first-order valence-electron chi connectivity index (χ1n) is 5.24. The number of carbonyl (C=O) groups excluding carboxylic acids is 1. The van der Waals surface area contributed by atoms with E-state index in [1.807, 2.05) is 0 Å². The Balaban J connectivity index is 2.16. The SMILES string of the molecule is O=C(Oc1ccccc1F)c1ccc(C(=O)O)nc1. The summed E-state index contributed by atoms with van der Waals surface area (Å²) in [7, 11) is 0. The summed E-state index contributed by atoms with van der Waals surface area (Å²) in [6.07, 6.45) is 1.06. The summed E-state index contributed by atoms with van der Waals surface area (Å²) in [6, 6.07) is 7.88. The molecule has 6 heteroatoms. The summed E-state index contributed by atoms with van der Waals surface area (Å²) in [5.41, 5.74) is -0.157. The van der Waals surface area contributed by atoms with Gasteiger partial charge in [0.05, 0.1) is 5.56 Å². The third kappa shape index (κ3) is 2.92. The van der Waals surface area contributed by atoms with Crippen LogP contribution in [0.15, 0.2) is 42.6 Å². The second-order valence-electron chi connectivity index (χ2n) is 3.56. The van der Waals surface area contributed by atoms with Crippen molar-refractivity contribution in [1.29, 1.82) is 0 Å². The Kier molecular flexibility index (Phi) is 3.51. The molecule has 0 aliphatic carbocycles. The third-order valence-electron chi connectivity index (χ3n) is 2.26. The van der Waals surface area contributed by atoms with Crippen LogP contribution >= 0.6 is 0 Å². The van der Waals surface area contributed by atoms with E-state index in [1.54, 1.807) is 0 Å². The number of para-hydroxylation sites is 1. The van der Waals surface area contributed by atoms with Crippen LogP contribution in [0.2, 0.25) is 0 Å². The quantitative estimate of drug-likeness (QED) is 0.676. The molecule has 0 aliphatic heterocycles. The fourth-order valence-electron chi connectivity index (χ4n) is 1.33. The number of hydrogen-bond acceptors (Lipinski definition) is 4. The van der Waals surface area contributed by atoms with Crippen LogP contribution in [-0.4, -0.2) is 22.0 Å². The number of nitrogens with zero attached hydrogens (tertiary/aromatic N) is 1. The number of esters is 1. The minimum Gasteiger partial charge on any atom is -0.477 e. The highest BCUT2D eigenvalue weighted by atomic mass is 19.1. The van der Waals surface area contributed by atoms with Crippen LogP contribution in [0.1, 0.15) is 20.8 Å². The number of benzene rings is 1. The minimum absolute atomic E-state index is 0.0354. The van der Waals surface area contributed by atoms with Crippen molar-refractivity contribution in [2.75, 3.05) is 0 Å². The Morgan fingerprint density at radius 3 is 2.47 bits per heavy atom. The fraction of sp³-hybridized carbons (Fsp3) is 0. The molecule has 2 rings (SSSR count). The molecular formula is C13H8FNO4. The number of carboxylic acids is 1. The van der Waals surface area contributed by atoms with Gasteiger partial charge in [-0.3, -0.25) is 0 Å². The molecule has 0 radical (unpaired) electrons. The number of halogens is 1. The average Bonchev–Trinajstić information content (AvgIpc) is 2.41. The standard InChI is InChI=1S/C13H8FNO4/c14-9-3-1-2-4-11(9)19-13(18)8-5-6-10(12(16)17)15-7-8/h1-7H,(H,16,17). The topological polar surface area (TPSA) is 76.5 Å². The average molecular weight is 261 g/mol. The molecule has 0 saturated heterocycles. The van der Waals surface area contributed by atoms with E-state index in [0.29, 0.717) is 0 Å². The van der Waals surface area contributed by atoms with Gasteiger partial charge in [0.1, 0.15) is 5.69 Å². The molecule has 0 spiro atoms. The maximum Gasteiger partial charge on any atom is 0.354 e. The van der Waals surface area contributed by atoms with Gasteiger partial charge in [0, 0.05) is 6.20 Å². The Morgan fingerprint density at radius 1 is 1.16 bits per heavy atom. The maximum atomic E-state index is 13.3. The van der Waals surface area contributed by atoms with E-state index in [-0.39, 0.29) is 17.0 Å². The van der Waals surface area contributed by atoms with Crippen LogP contribution in [0, 0.1) is 5.82 Å². The van der Waals surface area contributed by atoms with Crippen molar-refractivity contribution in [3.63, 3.8) is 0 Å². The van der Waals surface area contributed by atoms with Gasteiger partial charge in [-0.05, 0) is 24.3 Å². The number of rotatable bonds is 3. The summed E-state index contributed by atoms with van der Waals surface area (Å²) in [4.78, 5) is 25.8. The number of carboxylic acid groups (broad SMARTS) is 1. The lowest BCUT2D eigenvalue weighted by molar-refractivity contribution is 0.0684. The Bertz CT molecular complexity index is 625. The molecule has 0 fully saturated rings. The van der Waals surface area contributed by atoms with Gasteiger partial charge in [-0.2, -0.15) is 0 Å². The predicted octanol–water partition coefficient (Wildman–Crippen LogP) is 2.14. The van der Waals surface area contributed by atoms with Gasteiger partial charge in [0.15, 0.2) is 11.6 Å². The fourth-order valence-corrected chi connectivity index (χ4v) is 1.33. The van der Waals surface area contributed by atoms with Gasteiger partial charge in [-0.15, -0.1) is 0 Å². The van der Waals surface area contributed by atoms with Crippen molar-refractivity contribution in [3.8, 4) is 5.75 Å². The molecule has 2 aromatic rings. The number of aromatic carboxylic acids is 1. The summed E-state index contributed by atoms with van der Waals surface area (Å²) >= 11 is 0. The number of carbonyl (C=O) groups is 2. The summed E-state index contributed by atoms with van der Waals surface area (Å²) < 4.78 is 18.1. The zero-order valence-electron chi connectivity index (χ0n) is 9.54. The molecule has 1 N–H and O–H groups in total. The molecule has 1 aromatic heterocycles. The van der Waals surface area contributed by atoms with Crippen LogP contribution in [0.3, 0.4) is 0 Å². The second kappa shape index (κ2) is 5.26. The van der Waals surface area contributed by atoms with E-state index < -0.39 is 17.8 Å². The number of pyridine rings is 1. The van der Waals surface area contributed by atoms with Gasteiger partial charge in [0.2, 0.25) is 0 Å². The zero-order valence-corrected chi connectivity index (χ0v) is 9.54. The van der Waals surface area contributed by atoms with Crippen molar-refractivity contribution in [1.82, 2.24) is 4.98 Å². The lowest BCUT2D eigenvalue weighted by atomic mass is 10.2. The van der Waals surface area contributed by atoms with Crippen LogP contribution in [0.5, 0.6) is 5.75 Å². The maximum absolute atomic E-state index is 13.3. The zero-order chi connectivity index (χ0) is 13.8. The molecule has 0 unspecified atom stereocenters. The third-order valence-corrected chi connectivity index (χ3v) is 2.26. The minimum atomic E-state index is -1.20. The molecule has 5 nitrogen and oxygen atoms in total. The predicted molar refractivity (Wildman–Crippen MR) is 62.6 cm³/mol. The molecule has 0 saturated carbocycles. The number of ether oxygens (including phenoxy) is 1. The normalized spacial score (nSPS) is 9.95. The first kappa shape index (κ1) is 12.7. The van der Waals surface area contributed by atoms with Crippen molar-refractivity contribution in [2.24, 2.45) is 0 Å². The van der Waals surface area contributed by atoms with Gasteiger partial charge in [-0.25, -0.2) is 19.0 Å². The summed E-state index contributed by atoms with van der Waals surface area (Å²) in [5, 5.41) is 8.66. The van der Waals surface area contributed by atoms with Crippen LogP contribution in [-0.2, 0) is 0 Å². The van der Waals surface area contributed by atoms with E-state index in [9.17, 15) is 14.0 Å². The lowest BCUT2D eigenvalue weighted by Crippen LogP contribution is -2.11. The molecule has 0 atom stereocenters. The van der Waals surface area contributed by atoms with E-state index in [0.717, 1.165) is 12.3 Å². The Hall–Kier alpha value is -2.76. The van der Waals surface area contributed by atoms with Gasteiger partial charge in [-0.1, -0.05) is 12.1 Å². The Morgan fingerprint density at radius 2 is 1.89 bits per heavy atom. The first-order chi connectivity index (χ1) is 9.08. The van der Waals surface area contributed by atoms with Crippen molar-refractivity contribution in [3.05, 3.63) is 59.7 Å². The van der Waals surface area contributed by atoms with Crippen molar-refractivity contribution < 1.29 is 23.8 Å². The van der Waals surface area contributed by atoms with E-state index in [4.69, 9.17) is 9.84 Å². The Labute approximate surface area is 107 Å². The van der Waals surface area contributed by atoms with Gasteiger partial charge in [0.25, 0.3) is 0 Å². The highest BCUT2D eigenvalue weighted by molar-refractivity contribution is 5.92. The highest BCUT2D eigenvalue weighted by Crippen LogP contribution is 2.17. The monoisotopic (exact) mass is 261 g/mol. The molecule has 1 heterocycles. The number of aromatic nitrogens is 1. The summed E-state index contributed by atoms with van der Waals surface area (Å²) in [6.45, 7) is 0. The molecule has 1 aromatic carbocycles. The van der Waals surface area contributed by atoms with Crippen LogP contribution < -0.4 is 4.74 Å². The van der Waals surface area contributed by atoms with Gasteiger partial charge < -0.3 is 9.84 Å². The molecular weight excluding hydrogens is 253 g/mol. The highest BCUT2D eigenvalue weighted by Gasteiger charge is 2.13. The molecule has 0 bridgehead atoms. The van der Waals surface area contributed by atoms with Gasteiger partial charge >= 0.3 is 11.9 Å². The van der Waals surface area contributed by atoms with Crippen LogP contribution in [0.4, 0.5) is 4.39 Å². The molecule has 19 heavy (non-hydrogen) atoms. The smallest absolute Gasteiger partial charge is 0.354 e. The molecule has 0 aliphatic rings. The second-order valence-corrected chi connectivity index (χ2v) is 3.56.